The second-order valence-electron chi connectivity index (χ2n) is 5.69. The maximum absolute atomic E-state index is 11.5. The zero-order chi connectivity index (χ0) is 14.0. The third-order valence-corrected chi connectivity index (χ3v) is 3.98. The molecule has 0 aliphatic carbocycles. The van der Waals surface area contributed by atoms with E-state index in [4.69, 9.17) is 16.3 Å². The first kappa shape index (κ1) is 14.4. The molecule has 0 spiro atoms. The minimum atomic E-state index is -0.846. The molecule has 1 heterocycles. The molecule has 1 saturated heterocycles. The molecule has 1 N–H and O–H groups in total. The van der Waals surface area contributed by atoms with Crippen LogP contribution in [0.3, 0.4) is 0 Å². The lowest BCUT2D eigenvalue weighted by atomic mass is 9.92. The fourth-order valence-electron chi connectivity index (χ4n) is 2.62. The standard InChI is InChI=1S/C15H19ClO3/c1-15(2)8-7-10(19-15)9-12(14(17)18)11-5-3-4-6-13(11)16/h3-6,10,12H,7-9H2,1-2H3,(H,17,18). The number of rotatable bonds is 4. The first-order chi connectivity index (χ1) is 8.89. The van der Waals surface area contributed by atoms with E-state index in [2.05, 4.69) is 0 Å². The fraction of sp³-hybridized carbons (Fsp3) is 0.533. The van der Waals surface area contributed by atoms with Crippen LogP contribution in [0.5, 0.6) is 0 Å². The number of aliphatic carboxylic acids is 1. The highest BCUT2D eigenvalue weighted by molar-refractivity contribution is 6.31. The number of carboxylic acid groups (broad SMARTS) is 1. The highest BCUT2D eigenvalue weighted by Crippen LogP contribution is 2.36. The van der Waals surface area contributed by atoms with Gasteiger partial charge in [-0.3, -0.25) is 4.79 Å². The minimum absolute atomic E-state index is 0.00706. The smallest absolute Gasteiger partial charge is 0.311 e. The molecule has 0 saturated carbocycles. The summed E-state index contributed by atoms with van der Waals surface area (Å²) in [6.07, 6.45) is 2.34. The van der Waals surface area contributed by atoms with Gasteiger partial charge in [-0.15, -0.1) is 0 Å². The summed E-state index contributed by atoms with van der Waals surface area (Å²) in [6.45, 7) is 4.08. The molecule has 0 amide bonds. The Bertz CT molecular complexity index is 470. The van der Waals surface area contributed by atoms with Crippen molar-refractivity contribution in [2.24, 2.45) is 0 Å². The summed E-state index contributed by atoms with van der Waals surface area (Å²) in [4.78, 5) is 11.5. The molecule has 1 aliphatic rings. The van der Waals surface area contributed by atoms with E-state index >= 15 is 0 Å². The quantitative estimate of drug-likeness (QED) is 0.912. The molecule has 1 aliphatic heterocycles. The molecular formula is C15H19ClO3. The summed E-state index contributed by atoms with van der Waals surface area (Å²) in [5.74, 6) is -1.45. The SMILES string of the molecule is CC1(C)CCC(CC(C(=O)O)c2ccccc2Cl)O1. The lowest BCUT2D eigenvalue weighted by Crippen LogP contribution is -2.23. The van der Waals surface area contributed by atoms with Gasteiger partial charge in [-0.2, -0.15) is 0 Å². The molecule has 1 fully saturated rings. The summed E-state index contributed by atoms with van der Waals surface area (Å²) in [5, 5.41) is 9.93. The van der Waals surface area contributed by atoms with Gasteiger partial charge in [-0.05, 0) is 44.7 Å². The van der Waals surface area contributed by atoms with E-state index in [1.54, 1.807) is 18.2 Å². The Balaban J connectivity index is 2.14. The Hall–Kier alpha value is -1.06. The second-order valence-corrected chi connectivity index (χ2v) is 6.09. The molecule has 1 aromatic rings. The average Bonchev–Trinajstić information content (AvgIpc) is 2.66. The van der Waals surface area contributed by atoms with Crippen LogP contribution in [0.1, 0.15) is 44.6 Å². The third kappa shape index (κ3) is 3.48. The molecular weight excluding hydrogens is 264 g/mol. The summed E-state index contributed by atoms with van der Waals surface area (Å²) >= 11 is 6.10. The molecule has 2 unspecified atom stereocenters. The topological polar surface area (TPSA) is 46.5 Å². The molecule has 2 atom stereocenters. The molecule has 2 rings (SSSR count). The average molecular weight is 283 g/mol. The molecule has 1 aromatic carbocycles. The van der Waals surface area contributed by atoms with Crippen LogP contribution in [0, 0.1) is 0 Å². The highest BCUT2D eigenvalue weighted by atomic mass is 35.5. The Morgan fingerprint density at radius 1 is 1.53 bits per heavy atom. The van der Waals surface area contributed by atoms with Crippen molar-refractivity contribution in [3.8, 4) is 0 Å². The molecule has 0 radical (unpaired) electrons. The van der Waals surface area contributed by atoms with Crippen molar-refractivity contribution >= 4 is 17.6 Å². The van der Waals surface area contributed by atoms with E-state index in [-0.39, 0.29) is 11.7 Å². The van der Waals surface area contributed by atoms with E-state index < -0.39 is 11.9 Å². The zero-order valence-corrected chi connectivity index (χ0v) is 12.0. The van der Waals surface area contributed by atoms with Crippen molar-refractivity contribution in [2.45, 2.75) is 50.7 Å². The zero-order valence-electron chi connectivity index (χ0n) is 11.2. The largest absolute Gasteiger partial charge is 0.481 e. The van der Waals surface area contributed by atoms with Gasteiger partial charge in [0.25, 0.3) is 0 Å². The fourth-order valence-corrected chi connectivity index (χ4v) is 2.89. The third-order valence-electron chi connectivity index (χ3n) is 3.63. The van der Waals surface area contributed by atoms with Crippen molar-refractivity contribution in [3.63, 3.8) is 0 Å². The van der Waals surface area contributed by atoms with Gasteiger partial charge >= 0.3 is 5.97 Å². The predicted molar refractivity (Wildman–Crippen MR) is 74.6 cm³/mol. The normalized spacial score (nSPS) is 23.2. The Kier molecular flexibility index (Phi) is 4.16. The Morgan fingerprint density at radius 3 is 2.74 bits per heavy atom. The van der Waals surface area contributed by atoms with E-state index in [1.807, 2.05) is 19.9 Å². The van der Waals surface area contributed by atoms with Gasteiger partial charge in [0.05, 0.1) is 17.6 Å². The first-order valence-electron chi connectivity index (χ1n) is 6.54. The van der Waals surface area contributed by atoms with Crippen molar-refractivity contribution in [3.05, 3.63) is 34.9 Å². The van der Waals surface area contributed by atoms with E-state index in [9.17, 15) is 9.90 Å². The van der Waals surface area contributed by atoms with Gasteiger partial charge < -0.3 is 9.84 Å². The van der Waals surface area contributed by atoms with Gasteiger partial charge in [-0.1, -0.05) is 29.8 Å². The second kappa shape index (κ2) is 5.51. The van der Waals surface area contributed by atoms with Crippen molar-refractivity contribution in [1.82, 2.24) is 0 Å². The monoisotopic (exact) mass is 282 g/mol. The van der Waals surface area contributed by atoms with Crippen molar-refractivity contribution in [2.75, 3.05) is 0 Å². The summed E-state index contributed by atoms with van der Waals surface area (Å²) in [7, 11) is 0. The number of halogens is 1. The number of hydrogen-bond donors (Lipinski definition) is 1. The number of benzene rings is 1. The molecule has 4 heteroatoms. The van der Waals surface area contributed by atoms with E-state index in [0.29, 0.717) is 17.0 Å². The maximum Gasteiger partial charge on any atom is 0.311 e. The van der Waals surface area contributed by atoms with Crippen LogP contribution < -0.4 is 0 Å². The number of carbonyl (C=O) groups is 1. The van der Waals surface area contributed by atoms with Crippen molar-refractivity contribution < 1.29 is 14.6 Å². The minimum Gasteiger partial charge on any atom is -0.481 e. The summed E-state index contributed by atoms with van der Waals surface area (Å²) in [5.41, 5.74) is 0.527. The van der Waals surface area contributed by atoms with Crippen LogP contribution in [-0.2, 0) is 9.53 Å². The molecule has 3 nitrogen and oxygen atoms in total. The number of ether oxygens (including phenoxy) is 1. The van der Waals surface area contributed by atoms with E-state index in [1.165, 1.54) is 0 Å². The molecule has 0 bridgehead atoms. The van der Waals surface area contributed by atoms with Crippen LogP contribution in [0.2, 0.25) is 5.02 Å². The molecule has 0 aromatic heterocycles. The van der Waals surface area contributed by atoms with Crippen LogP contribution in [-0.4, -0.2) is 22.8 Å². The van der Waals surface area contributed by atoms with Crippen LogP contribution in [0.15, 0.2) is 24.3 Å². The van der Waals surface area contributed by atoms with Crippen molar-refractivity contribution in [1.29, 1.82) is 0 Å². The van der Waals surface area contributed by atoms with E-state index in [0.717, 1.165) is 12.8 Å². The lowest BCUT2D eigenvalue weighted by molar-refractivity contribution is -0.140. The van der Waals surface area contributed by atoms with Gasteiger partial charge in [0.2, 0.25) is 0 Å². The number of hydrogen-bond acceptors (Lipinski definition) is 2. The van der Waals surface area contributed by atoms with Gasteiger partial charge in [0.15, 0.2) is 0 Å². The van der Waals surface area contributed by atoms with Crippen LogP contribution in [0.25, 0.3) is 0 Å². The van der Waals surface area contributed by atoms with Crippen LogP contribution >= 0.6 is 11.6 Å². The summed E-state index contributed by atoms with van der Waals surface area (Å²) in [6, 6.07) is 7.13. The molecule has 19 heavy (non-hydrogen) atoms. The van der Waals surface area contributed by atoms with Crippen LogP contribution in [0.4, 0.5) is 0 Å². The lowest BCUT2D eigenvalue weighted by Gasteiger charge is -2.22. The summed E-state index contributed by atoms with van der Waals surface area (Å²) < 4.78 is 5.88. The Labute approximate surface area is 118 Å². The van der Waals surface area contributed by atoms with Gasteiger partial charge in [0.1, 0.15) is 0 Å². The van der Waals surface area contributed by atoms with Gasteiger partial charge in [0, 0.05) is 5.02 Å². The maximum atomic E-state index is 11.5. The highest BCUT2D eigenvalue weighted by Gasteiger charge is 2.35. The Morgan fingerprint density at radius 2 is 2.21 bits per heavy atom. The van der Waals surface area contributed by atoms with Gasteiger partial charge in [-0.25, -0.2) is 0 Å². The number of carboxylic acids is 1. The predicted octanol–water partition coefficient (Wildman–Crippen LogP) is 3.86. The first-order valence-corrected chi connectivity index (χ1v) is 6.92. The molecule has 104 valence electrons.